The van der Waals surface area contributed by atoms with Gasteiger partial charge in [0.2, 0.25) is 5.91 Å². The number of carbonyl (C=O) groups excluding carboxylic acids is 1. The molecule has 0 aliphatic heterocycles. The lowest BCUT2D eigenvalue weighted by molar-refractivity contribution is -0.119. The highest BCUT2D eigenvalue weighted by Crippen LogP contribution is 2.15. The average molecular weight is 252 g/mol. The van der Waals surface area contributed by atoms with E-state index < -0.39 is 0 Å². The number of methoxy groups -OCH3 is 2. The Morgan fingerprint density at radius 2 is 2.00 bits per heavy atom. The molecule has 5 nitrogen and oxygen atoms in total. The number of nitrogens with one attached hydrogen (secondary N) is 2. The second-order valence-electron chi connectivity index (χ2n) is 4.06. The molecular weight excluding hydrogens is 232 g/mol. The van der Waals surface area contributed by atoms with E-state index in [0.29, 0.717) is 6.61 Å². The summed E-state index contributed by atoms with van der Waals surface area (Å²) in [5, 5.41) is 6.03. The number of rotatable bonds is 7. The Morgan fingerprint density at radius 1 is 1.28 bits per heavy atom. The first kappa shape index (κ1) is 14.5. The fourth-order valence-electron chi connectivity index (χ4n) is 1.59. The van der Waals surface area contributed by atoms with E-state index in [-0.39, 0.29) is 18.6 Å². The molecule has 0 heterocycles. The monoisotopic (exact) mass is 252 g/mol. The van der Waals surface area contributed by atoms with Crippen molar-refractivity contribution in [1.82, 2.24) is 0 Å². The lowest BCUT2D eigenvalue weighted by Crippen LogP contribution is -2.21. The standard InChI is InChI=1S/C13H20N2O3/c1-10(8-17-2)14-11-5-4-6-12(7-11)15-13(16)9-18-3/h4-7,10,14H,8-9H2,1-3H3,(H,15,16). The molecule has 0 saturated carbocycles. The van der Waals surface area contributed by atoms with Gasteiger partial charge in [-0.2, -0.15) is 0 Å². The minimum Gasteiger partial charge on any atom is -0.383 e. The van der Waals surface area contributed by atoms with Gasteiger partial charge >= 0.3 is 0 Å². The van der Waals surface area contributed by atoms with Crippen LogP contribution in [0.2, 0.25) is 0 Å². The molecule has 1 amide bonds. The largest absolute Gasteiger partial charge is 0.383 e. The number of benzene rings is 1. The highest BCUT2D eigenvalue weighted by Gasteiger charge is 2.04. The lowest BCUT2D eigenvalue weighted by Gasteiger charge is -2.15. The van der Waals surface area contributed by atoms with Crippen LogP contribution in [-0.4, -0.2) is 39.4 Å². The predicted molar refractivity (Wildman–Crippen MR) is 71.9 cm³/mol. The Hall–Kier alpha value is -1.59. The van der Waals surface area contributed by atoms with E-state index in [2.05, 4.69) is 10.6 Å². The highest BCUT2D eigenvalue weighted by atomic mass is 16.5. The molecule has 5 heteroatoms. The van der Waals surface area contributed by atoms with Crippen molar-refractivity contribution in [2.45, 2.75) is 13.0 Å². The normalized spacial score (nSPS) is 11.9. The van der Waals surface area contributed by atoms with Crippen LogP contribution in [0.1, 0.15) is 6.92 Å². The van der Waals surface area contributed by atoms with Gasteiger partial charge in [-0.15, -0.1) is 0 Å². The van der Waals surface area contributed by atoms with Crippen molar-refractivity contribution in [3.05, 3.63) is 24.3 Å². The van der Waals surface area contributed by atoms with E-state index in [4.69, 9.17) is 9.47 Å². The van der Waals surface area contributed by atoms with E-state index in [1.807, 2.05) is 31.2 Å². The van der Waals surface area contributed by atoms with Crippen molar-refractivity contribution in [3.63, 3.8) is 0 Å². The van der Waals surface area contributed by atoms with Crippen molar-refractivity contribution in [3.8, 4) is 0 Å². The number of hydrogen-bond donors (Lipinski definition) is 2. The second-order valence-corrected chi connectivity index (χ2v) is 4.06. The summed E-state index contributed by atoms with van der Waals surface area (Å²) in [7, 11) is 3.16. The molecule has 18 heavy (non-hydrogen) atoms. The zero-order chi connectivity index (χ0) is 13.4. The Bertz CT molecular complexity index is 382. The molecule has 1 aromatic rings. The average Bonchev–Trinajstić information content (AvgIpc) is 2.29. The second kappa shape index (κ2) is 7.68. The molecule has 0 radical (unpaired) electrons. The van der Waals surface area contributed by atoms with Gasteiger partial charge < -0.3 is 20.1 Å². The van der Waals surface area contributed by atoms with Gasteiger partial charge in [0.15, 0.2) is 0 Å². The van der Waals surface area contributed by atoms with E-state index >= 15 is 0 Å². The molecule has 2 N–H and O–H groups in total. The Kier molecular flexibility index (Phi) is 6.18. The van der Waals surface area contributed by atoms with Crippen LogP contribution in [0, 0.1) is 0 Å². The van der Waals surface area contributed by atoms with Gasteiger partial charge in [0.1, 0.15) is 6.61 Å². The van der Waals surface area contributed by atoms with Crippen LogP contribution in [-0.2, 0) is 14.3 Å². The van der Waals surface area contributed by atoms with Crippen molar-refractivity contribution < 1.29 is 14.3 Å². The van der Waals surface area contributed by atoms with Crippen LogP contribution in [0.15, 0.2) is 24.3 Å². The molecule has 100 valence electrons. The summed E-state index contributed by atoms with van der Waals surface area (Å²) in [5.74, 6) is -0.167. The molecule has 0 spiro atoms. The molecule has 0 aliphatic carbocycles. The number of hydrogen-bond acceptors (Lipinski definition) is 4. The third kappa shape index (κ3) is 5.16. The lowest BCUT2D eigenvalue weighted by atomic mass is 10.2. The van der Waals surface area contributed by atoms with Gasteiger partial charge in [0.25, 0.3) is 0 Å². The maximum Gasteiger partial charge on any atom is 0.250 e. The number of anilines is 2. The zero-order valence-corrected chi connectivity index (χ0v) is 11.0. The maximum atomic E-state index is 11.4. The number of carbonyl (C=O) groups is 1. The topological polar surface area (TPSA) is 59.6 Å². The fourth-order valence-corrected chi connectivity index (χ4v) is 1.59. The van der Waals surface area contributed by atoms with Crippen LogP contribution < -0.4 is 10.6 Å². The van der Waals surface area contributed by atoms with Gasteiger partial charge in [-0.1, -0.05) is 6.07 Å². The molecule has 1 rings (SSSR count). The molecule has 0 aliphatic rings. The third-order valence-electron chi connectivity index (χ3n) is 2.25. The Morgan fingerprint density at radius 3 is 2.67 bits per heavy atom. The molecule has 0 saturated heterocycles. The number of amides is 1. The highest BCUT2D eigenvalue weighted by molar-refractivity contribution is 5.92. The molecule has 1 unspecified atom stereocenters. The van der Waals surface area contributed by atoms with Crippen molar-refractivity contribution in [2.24, 2.45) is 0 Å². The first-order valence-electron chi connectivity index (χ1n) is 5.80. The van der Waals surface area contributed by atoms with E-state index in [1.54, 1.807) is 7.11 Å². The third-order valence-corrected chi connectivity index (χ3v) is 2.25. The van der Waals surface area contributed by atoms with Gasteiger partial charge in [-0.3, -0.25) is 4.79 Å². The molecule has 0 aromatic heterocycles. The Labute approximate surface area is 107 Å². The first-order chi connectivity index (χ1) is 8.65. The van der Waals surface area contributed by atoms with Crippen LogP contribution in [0.25, 0.3) is 0 Å². The summed E-state index contributed by atoms with van der Waals surface area (Å²) >= 11 is 0. The zero-order valence-electron chi connectivity index (χ0n) is 11.0. The van der Waals surface area contributed by atoms with Crippen LogP contribution in [0.5, 0.6) is 0 Å². The maximum absolute atomic E-state index is 11.4. The van der Waals surface area contributed by atoms with Crippen molar-refractivity contribution in [2.75, 3.05) is 38.1 Å². The minimum absolute atomic E-state index is 0.0533. The Balaban J connectivity index is 2.59. The SMILES string of the molecule is COCC(=O)Nc1cccc(NC(C)COC)c1. The summed E-state index contributed by atoms with van der Waals surface area (Å²) in [6.45, 7) is 2.71. The quantitative estimate of drug-likeness (QED) is 0.775. The smallest absolute Gasteiger partial charge is 0.250 e. The molecule has 1 atom stereocenters. The van der Waals surface area contributed by atoms with Crippen molar-refractivity contribution in [1.29, 1.82) is 0 Å². The summed E-state index contributed by atoms with van der Waals surface area (Å²) in [4.78, 5) is 11.4. The first-order valence-corrected chi connectivity index (χ1v) is 5.80. The van der Waals surface area contributed by atoms with Gasteiger partial charge in [0, 0.05) is 31.6 Å². The summed E-state index contributed by atoms with van der Waals surface area (Å²) in [5.41, 5.74) is 1.68. The molecule has 0 bridgehead atoms. The van der Waals surface area contributed by atoms with E-state index in [9.17, 15) is 4.79 Å². The molecular formula is C13H20N2O3. The fraction of sp³-hybridized carbons (Fsp3) is 0.462. The van der Waals surface area contributed by atoms with E-state index in [0.717, 1.165) is 11.4 Å². The van der Waals surface area contributed by atoms with Crippen LogP contribution in [0.4, 0.5) is 11.4 Å². The van der Waals surface area contributed by atoms with Crippen LogP contribution >= 0.6 is 0 Å². The summed E-state index contributed by atoms with van der Waals surface area (Å²) in [6, 6.07) is 7.74. The van der Waals surface area contributed by atoms with Gasteiger partial charge in [-0.25, -0.2) is 0 Å². The minimum atomic E-state index is -0.167. The summed E-state index contributed by atoms with van der Waals surface area (Å²) in [6.07, 6.45) is 0. The molecule has 1 aromatic carbocycles. The predicted octanol–water partition coefficient (Wildman–Crippen LogP) is 1.72. The molecule has 0 fully saturated rings. The van der Waals surface area contributed by atoms with E-state index in [1.165, 1.54) is 7.11 Å². The summed E-state index contributed by atoms with van der Waals surface area (Å²) < 4.78 is 9.81. The van der Waals surface area contributed by atoms with Crippen LogP contribution in [0.3, 0.4) is 0 Å². The van der Waals surface area contributed by atoms with Crippen molar-refractivity contribution >= 4 is 17.3 Å². The van der Waals surface area contributed by atoms with Gasteiger partial charge in [0.05, 0.1) is 6.61 Å². The van der Waals surface area contributed by atoms with Gasteiger partial charge in [-0.05, 0) is 25.1 Å². The number of ether oxygens (including phenoxy) is 2.